The van der Waals surface area contributed by atoms with Crippen LogP contribution in [0.4, 0.5) is 0 Å². The van der Waals surface area contributed by atoms with E-state index in [1.54, 1.807) is 21.3 Å². The molecule has 0 aromatic heterocycles. The van der Waals surface area contributed by atoms with Gasteiger partial charge in [-0.25, -0.2) is 0 Å². The molecule has 0 aliphatic carbocycles. The van der Waals surface area contributed by atoms with E-state index in [0.717, 1.165) is 0 Å². The Morgan fingerprint density at radius 3 is 2.47 bits per heavy atom. The zero-order valence-corrected chi connectivity index (χ0v) is 9.17. The minimum absolute atomic E-state index is 0.220. The Hall–Kier alpha value is -0.240. The third-order valence-corrected chi connectivity index (χ3v) is 2.50. The van der Waals surface area contributed by atoms with Crippen molar-refractivity contribution in [2.24, 2.45) is 0 Å². The van der Waals surface area contributed by atoms with Gasteiger partial charge in [0, 0.05) is 27.8 Å². The van der Waals surface area contributed by atoms with Gasteiger partial charge in [0.05, 0.1) is 12.7 Å². The van der Waals surface area contributed by atoms with Gasteiger partial charge in [0.25, 0.3) is 0 Å². The maximum absolute atomic E-state index is 10.3. The minimum Gasteiger partial charge on any atom is -0.721 e. The van der Waals surface area contributed by atoms with E-state index in [-0.39, 0.29) is 18.3 Å². The fraction of sp³-hybridized carbons (Fsp3) is 1.00. The first kappa shape index (κ1) is 12.8. The molecule has 1 fully saturated rings. The van der Waals surface area contributed by atoms with Gasteiger partial charge in [0.1, 0.15) is 12.2 Å². The van der Waals surface area contributed by atoms with Gasteiger partial charge in [-0.2, -0.15) is 0 Å². The molecule has 6 nitrogen and oxygen atoms in total. The first-order chi connectivity index (χ1) is 7.26. The summed E-state index contributed by atoms with van der Waals surface area (Å²) >= 11 is 0. The summed E-state index contributed by atoms with van der Waals surface area (Å²) in [6, 6.07) is 0. The van der Waals surface area contributed by atoms with E-state index >= 15 is 0 Å². The summed E-state index contributed by atoms with van der Waals surface area (Å²) in [5.74, 6) is 0. The van der Waals surface area contributed by atoms with Gasteiger partial charge in [-0.15, -0.1) is 0 Å². The standard InChI is InChI=1S/C9H18O6/c1-11-5-7-9(13-3)6(12-2)4-8(14-7)15-10/h6-10H,4-5H2,1-3H3/p-1/t6-,7+,8-,9+/m1/s1. The normalized spacial score (nSPS) is 36.8. The SMILES string of the molecule is COC[C@@H]1O[C@H](O[O-])C[C@@H](OC)[C@@H]1OC. The highest BCUT2D eigenvalue weighted by molar-refractivity contribution is 4.84. The average molecular weight is 221 g/mol. The van der Waals surface area contributed by atoms with Crippen LogP contribution in [-0.2, 0) is 23.8 Å². The molecule has 0 aromatic carbocycles. The van der Waals surface area contributed by atoms with E-state index in [9.17, 15) is 5.26 Å². The monoisotopic (exact) mass is 221 g/mol. The minimum atomic E-state index is -0.804. The predicted octanol–water partition coefficient (Wildman–Crippen LogP) is -0.930. The molecule has 90 valence electrons. The van der Waals surface area contributed by atoms with E-state index in [2.05, 4.69) is 4.89 Å². The molecule has 1 aliphatic rings. The molecule has 1 aliphatic heterocycles. The van der Waals surface area contributed by atoms with Crippen LogP contribution in [0.25, 0.3) is 0 Å². The molecule has 0 unspecified atom stereocenters. The second-order valence-electron chi connectivity index (χ2n) is 3.37. The Morgan fingerprint density at radius 1 is 1.27 bits per heavy atom. The lowest BCUT2D eigenvalue weighted by Gasteiger charge is -2.40. The summed E-state index contributed by atoms with van der Waals surface area (Å²) in [6.07, 6.45) is -1.26. The molecule has 0 amide bonds. The fourth-order valence-corrected chi connectivity index (χ4v) is 1.79. The Kier molecular flexibility index (Phi) is 5.44. The van der Waals surface area contributed by atoms with E-state index < -0.39 is 6.29 Å². The molecule has 1 rings (SSSR count). The maximum Gasteiger partial charge on any atom is 0.151 e. The second-order valence-corrected chi connectivity index (χ2v) is 3.37. The first-order valence-electron chi connectivity index (χ1n) is 4.75. The van der Waals surface area contributed by atoms with Crippen LogP contribution in [0.3, 0.4) is 0 Å². The zero-order chi connectivity index (χ0) is 11.3. The van der Waals surface area contributed by atoms with Gasteiger partial charge < -0.3 is 29.1 Å². The van der Waals surface area contributed by atoms with Gasteiger partial charge in [0.15, 0.2) is 6.29 Å². The van der Waals surface area contributed by atoms with Gasteiger partial charge in [-0.1, -0.05) is 0 Å². The molecule has 0 N–H and O–H groups in total. The van der Waals surface area contributed by atoms with E-state index in [1.165, 1.54) is 0 Å². The summed E-state index contributed by atoms with van der Waals surface area (Å²) in [5.41, 5.74) is 0. The largest absolute Gasteiger partial charge is 0.721 e. The van der Waals surface area contributed by atoms with Crippen molar-refractivity contribution in [2.75, 3.05) is 27.9 Å². The van der Waals surface area contributed by atoms with Crippen LogP contribution in [0, 0.1) is 0 Å². The van der Waals surface area contributed by atoms with Crippen LogP contribution in [0.15, 0.2) is 0 Å². The number of ether oxygens (including phenoxy) is 4. The third kappa shape index (κ3) is 3.10. The second kappa shape index (κ2) is 6.37. The topological polar surface area (TPSA) is 69.2 Å². The van der Waals surface area contributed by atoms with Gasteiger partial charge in [0.2, 0.25) is 0 Å². The van der Waals surface area contributed by atoms with Crippen molar-refractivity contribution < 1.29 is 29.1 Å². The number of hydrogen-bond acceptors (Lipinski definition) is 6. The van der Waals surface area contributed by atoms with Crippen molar-refractivity contribution in [3.63, 3.8) is 0 Å². The summed E-state index contributed by atoms with van der Waals surface area (Å²) in [6.45, 7) is 0.332. The number of rotatable bonds is 5. The molecule has 15 heavy (non-hydrogen) atoms. The van der Waals surface area contributed by atoms with Gasteiger partial charge in [-0.05, 0) is 0 Å². The maximum atomic E-state index is 10.3. The molecule has 6 heteroatoms. The summed E-state index contributed by atoms with van der Waals surface area (Å²) in [5, 5.41) is 10.3. The Bertz CT molecular complexity index is 176. The number of methoxy groups -OCH3 is 3. The quantitative estimate of drug-likeness (QED) is 0.441. The van der Waals surface area contributed by atoms with Crippen molar-refractivity contribution in [1.29, 1.82) is 0 Å². The Morgan fingerprint density at radius 2 is 2.00 bits per heavy atom. The molecule has 4 atom stereocenters. The summed E-state index contributed by atoms with van der Waals surface area (Å²) in [4.78, 5) is 3.93. The van der Waals surface area contributed by atoms with Gasteiger partial charge in [-0.3, -0.25) is 0 Å². The van der Waals surface area contributed by atoms with Crippen LogP contribution in [0.5, 0.6) is 0 Å². The van der Waals surface area contributed by atoms with Gasteiger partial charge >= 0.3 is 0 Å². The lowest BCUT2D eigenvalue weighted by Crippen LogP contribution is -2.53. The molecular formula is C9H17O6-. The molecule has 0 aromatic rings. The number of hydrogen-bond donors (Lipinski definition) is 0. The lowest BCUT2D eigenvalue weighted by molar-refractivity contribution is -0.722. The first-order valence-corrected chi connectivity index (χ1v) is 4.75. The summed E-state index contributed by atoms with van der Waals surface area (Å²) < 4.78 is 20.8. The van der Waals surface area contributed by atoms with Crippen molar-refractivity contribution in [3.05, 3.63) is 0 Å². The third-order valence-electron chi connectivity index (χ3n) is 2.50. The van der Waals surface area contributed by atoms with Crippen LogP contribution in [0.1, 0.15) is 6.42 Å². The molecule has 1 heterocycles. The van der Waals surface area contributed by atoms with Crippen LogP contribution in [-0.4, -0.2) is 52.5 Å². The average Bonchev–Trinajstić information content (AvgIpc) is 2.28. The zero-order valence-electron chi connectivity index (χ0n) is 9.17. The highest BCUT2D eigenvalue weighted by Crippen LogP contribution is 2.24. The Balaban J connectivity index is 2.63. The van der Waals surface area contributed by atoms with E-state index in [4.69, 9.17) is 18.9 Å². The van der Waals surface area contributed by atoms with Crippen molar-refractivity contribution >= 4 is 0 Å². The van der Waals surface area contributed by atoms with Crippen molar-refractivity contribution in [1.82, 2.24) is 0 Å². The molecular weight excluding hydrogens is 204 g/mol. The van der Waals surface area contributed by atoms with Crippen LogP contribution in [0.2, 0.25) is 0 Å². The molecule has 1 saturated heterocycles. The molecule has 0 bridgehead atoms. The van der Waals surface area contributed by atoms with E-state index in [0.29, 0.717) is 13.0 Å². The molecule has 0 saturated carbocycles. The highest BCUT2D eigenvalue weighted by atomic mass is 17.1. The lowest BCUT2D eigenvalue weighted by atomic mass is 10.0. The predicted molar refractivity (Wildman–Crippen MR) is 47.8 cm³/mol. The highest BCUT2D eigenvalue weighted by Gasteiger charge is 2.38. The van der Waals surface area contributed by atoms with Crippen LogP contribution >= 0.6 is 0 Å². The van der Waals surface area contributed by atoms with Crippen LogP contribution < -0.4 is 5.26 Å². The van der Waals surface area contributed by atoms with Crippen molar-refractivity contribution in [3.8, 4) is 0 Å². The molecule has 0 radical (unpaired) electrons. The van der Waals surface area contributed by atoms with E-state index in [1.807, 2.05) is 0 Å². The Labute approximate surface area is 88.9 Å². The smallest absolute Gasteiger partial charge is 0.151 e. The summed E-state index contributed by atoms with van der Waals surface area (Å²) in [7, 11) is 4.69. The molecule has 0 spiro atoms. The fourth-order valence-electron chi connectivity index (χ4n) is 1.79. The van der Waals surface area contributed by atoms with Crippen molar-refractivity contribution in [2.45, 2.75) is 31.0 Å².